The fourth-order valence-corrected chi connectivity index (χ4v) is 3.97. The van der Waals surface area contributed by atoms with Crippen molar-refractivity contribution in [3.05, 3.63) is 65.0 Å². The molecule has 2 atom stereocenters. The van der Waals surface area contributed by atoms with E-state index in [1.807, 2.05) is 13.8 Å². The number of hydrogen-bond donors (Lipinski definition) is 1. The number of carbonyl (C=O) groups is 2. The van der Waals surface area contributed by atoms with E-state index in [1.54, 1.807) is 4.90 Å². The average Bonchev–Trinajstić information content (AvgIpc) is 3.33. The number of amides is 2. The third kappa shape index (κ3) is 6.50. The van der Waals surface area contributed by atoms with Crippen LogP contribution < -0.4 is 5.32 Å². The lowest BCUT2D eigenvalue weighted by Crippen LogP contribution is -2.48. The molecule has 10 nitrogen and oxygen atoms in total. The molecule has 1 fully saturated rings. The van der Waals surface area contributed by atoms with Gasteiger partial charge < -0.3 is 15.0 Å². The van der Waals surface area contributed by atoms with Gasteiger partial charge in [0.25, 0.3) is 17.8 Å². The molecule has 0 radical (unpaired) electrons. The van der Waals surface area contributed by atoms with Gasteiger partial charge in [-0.3, -0.25) is 9.59 Å². The maximum Gasteiger partial charge on any atom is 0.416 e. The molecule has 2 amide bonds. The quantitative estimate of drug-likeness (QED) is 0.479. The van der Waals surface area contributed by atoms with Gasteiger partial charge >= 0.3 is 12.4 Å². The zero-order valence-corrected chi connectivity index (χ0v) is 20.4. The summed E-state index contributed by atoms with van der Waals surface area (Å²) in [4.78, 5) is 39.0. The van der Waals surface area contributed by atoms with Gasteiger partial charge in [-0.2, -0.15) is 36.1 Å². The normalized spacial score (nSPS) is 18.2. The molecule has 2 aromatic heterocycles. The second kappa shape index (κ2) is 10.6. The lowest BCUT2D eigenvalue weighted by atomic mass is 10.0. The molecule has 1 aliphatic rings. The lowest BCUT2D eigenvalue weighted by molar-refractivity contribution is -0.143. The Labute approximate surface area is 217 Å². The smallest absolute Gasteiger partial charge is 0.372 e. The van der Waals surface area contributed by atoms with Crippen molar-refractivity contribution in [3.8, 4) is 5.95 Å². The van der Waals surface area contributed by atoms with E-state index in [2.05, 4.69) is 25.4 Å². The van der Waals surface area contributed by atoms with Gasteiger partial charge in [-0.15, -0.1) is 0 Å². The third-order valence-electron chi connectivity index (χ3n) is 5.66. The molecule has 208 valence electrons. The molecule has 0 saturated carbocycles. The summed E-state index contributed by atoms with van der Waals surface area (Å²) in [7, 11) is 0. The maximum absolute atomic E-state index is 13.1. The number of rotatable bonds is 5. The Kier molecular flexibility index (Phi) is 7.59. The summed E-state index contributed by atoms with van der Waals surface area (Å²) in [6.45, 7) is 4.07. The molecule has 39 heavy (non-hydrogen) atoms. The molecule has 3 aromatic rings. The molecule has 0 unspecified atom stereocenters. The Hall–Kier alpha value is -4.08. The molecule has 1 N–H and O–H groups in total. The van der Waals surface area contributed by atoms with Gasteiger partial charge in [-0.1, -0.05) is 0 Å². The van der Waals surface area contributed by atoms with Crippen molar-refractivity contribution in [2.75, 3.05) is 13.1 Å². The highest BCUT2D eigenvalue weighted by Crippen LogP contribution is 2.36. The highest BCUT2D eigenvalue weighted by molar-refractivity contribution is 5.94. The molecular weight excluding hydrogens is 536 g/mol. The Balaban J connectivity index is 1.48. The zero-order chi connectivity index (χ0) is 28.5. The number of benzene rings is 1. The number of nitrogens with one attached hydrogen (secondary N) is 1. The molecule has 16 heteroatoms. The van der Waals surface area contributed by atoms with Gasteiger partial charge in [0.05, 0.1) is 35.4 Å². The average molecular weight is 557 g/mol. The second-order valence-corrected chi connectivity index (χ2v) is 8.80. The van der Waals surface area contributed by atoms with Crippen molar-refractivity contribution in [1.82, 2.24) is 34.9 Å². The van der Waals surface area contributed by atoms with Gasteiger partial charge in [-0.25, -0.2) is 15.0 Å². The van der Waals surface area contributed by atoms with Crippen molar-refractivity contribution in [2.24, 2.45) is 0 Å². The summed E-state index contributed by atoms with van der Waals surface area (Å²) in [6.07, 6.45) is -6.82. The van der Waals surface area contributed by atoms with Gasteiger partial charge in [0.2, 0.25) is 0 Å². The molecule has 0 spiro atoms. The van der Waals surface area contributed by atoms with Crippen molar-refractivity contribution < 1.29 is 40.7 Å². The molecule has 1 aromatic carbocycles. The van der Waals surface area contributed by atoms with Crippen LogP contribution in [0.15, 0.2) is 36.9 Å². The van der Waals surface area contributed by atoms with E-state index in [9.17, 15) is 35.9 Å². The van der Waals surface area contributed by atoms with E-state index >= 15 is 0 Å². The molecule has 1 saturated heterocycles. The summed E-state index contributed by atoms with van der Waals surface area (Å²) >= 11 is 0. The minimum absolute atomic E-state index is 0.0290. The van der Waals surface area contributed by atoms with Crippen LogP contribution in [0, 0.1) is 0 Å². The first-order chi connectivity index (χ1) is 18.2. The molecule has 1 aliphatic heterocycles. The topological polar surface area (TPSA) is 115 Å². The number of halogens is 6. The molecule has 0 bridgehead atoms. The van der Waals surface area contributed by atoms with Crippen LogP contribution in [0.4, 0.5) is 26.3 Å². The number of morpholine rings is 1. The minimum Gasteiger partial charge on any atom is -0.372 e. The summed E-state index contributed by atoms with van der Waals surface area (Å²) in [5.74, 6) is -1.50. The number of carbonyl (C=O) groups excluding carboxylic acids is 2. The van der Waals surface area contributed by atoms with Crippen LogP contribution in [0.25, 0.3) is 5.95 Å². The minimum atomic E-state index is -5.10. The summed E-state index contributed by atoms with van der Waals surface area (Å²) < 4.78 is 85.3. The summed E-state index contributed by atoms with van der Waals surface area (Å²) in [5.41, 5.74) is -3.86. The van der Waals surface area contributed by atoms with E-state index in [0.29, 0.717) is 25.2 Å². The second-order valence-electron chi connectivity index (χ2n) is 8.80. The first-order valence-corrected chi connectivity index (χ1v) is 11.5. The molecule has 0 aliphatic carbocycles. The predicted octanol–water partition coefficient (Wildman–Crippen LogP) is 3.27. The van der Waals surface area contributed by atoms with Gasteiger partial charge in [0.1, 0.15) is 6.33 Å². The zero-order valence-electron chi connectivity index (χ0n) is 20.4. The number of alkyl halides is 6. The lowest BCUT2D eigenvalue weighted by Gasteiger charge is -2.35. The number of hydrogen-bond acceptors (Lipinski definition) is 7. The Morgan fingerprint density at radius 1 is 0.923 bits per heavy atom. The van der Waals surface area contributed by atoms with Crippen LogP contribution in [0.2, 0.25) is 0 Å². The standard InChI is InChI=1S/C23H21F6N7O3/c1-12-9-35(10-13(2)39-12)20(38)15-6-31-21(32-7-15)36-18(33-11-34-36)8-30-19(37)14-3-16(22(24,25)26)5-17(4-14)23(27,28)29/h3-7,11-13H,8-10H2,1-2H3,(H,30,37)/t12-,13+. The van der Waals surface area contributed by atoms with Crippen molar-refractivity contribution in [2.45, 2.75) is 45.0 Å². The van der Waals surface area contributed by atoms with Crippen molar-refractivity contribution in [3.63, 3.8) is 0 Å². The molecular formula is C23H21F6N7O3. The fourth-order valence-electron chi connectivity index (χ4n) is 3.97. The van der Waals surface area contributed by atoms with Gasteiger partial charge in [-0.05, 0) is 32.0 Å². The van der Waals surface area contributed by atoms with Gasteiger partial charge in [0, 0.05) is 31.0 Å². The van der Waals surface area contributed by atoms with Crippen LogP contribution in [0.1, 0.15) is 51.5 Å². The fraction of sp³-hybridized carbons (Fsp3) is 0.391. The Morgan fingerprint density at radius 3 is 2.03 bits per heavy atom. The number of aromatic nitrogens is 5. The van der Waals surface area contributed by atoms with E-state index in [0.717, 1.165) is 11.0 Å². The molecule has 3 heterocycles. The van der Waals surface area contributed by atoms with Crippen LogP contribution in [-0.2, 0) is 23.6 Å². The SMILES string of the molecule is C[C@@H]1CN(C(=O)c2cnc(-n3ncnc3CNC(=O)c3cc(C(F)(F)F)cc(C(F)(F)F)c3)nc2)C[C@H](C)O1. The first kappa shape index (κ1) is 27.9. The highest BCUT2D eigenvalue weighted by atomic mass is 19.4. The molecule has 4 rings (SSSR count). The van der Waals surface area contributed by atoms with E-state index in [1.165, 1.54) is 12.4 Å². The Morgan fingerprint density at radius 2 is 1.49 bits per heavy atom. The first-order valence-electron chi connectivity index (χ1n) is 11.5. The van der Waals surface area contributed by atoms with E-state index in [-0.39, 0.29) is 41.5 Å². The Bertz CT molecular complexity index is 1320. The third-order valence-corrected chi connectivity index (χ3v) is 5.66. The van der Waals surface area contributed by atoms with Gasteiger partial charge in [0.15, 0.2) is 5.82 Å². The highest BCUT2D eigenvalue weighted by Gasteiger charge is 2.37. The van der Waals surface area contributed by atoms with E-state index in [4.69, 9.17) is 4.74 Å². The van der Waals surface area contributed by atoms with E-state index < -0.39 is 41.5 Å². The van der Waals surface area contributed by atoms with Crippen LogP contribution in [0.3, 0.4) is 0 Å². The monoisotopic (exact) mass is 557 g/mol. The predicted molar refractivity (Wildman–Crippen MR) is 120 cm³/mol. The van der Waals surface area contributed by atoms with Crippen LogP contribution in [0.5, 0.6) is 0 Å². The summed E-state index contributed by atoms with van der Waals surface area (Å²) in [5, 5.41) is 6.16. The van der Waals surface area contributed by atoms with Crippen LogP contribution >= 0.6 is 0 Å². The summed E-state index contributed by atoms with van der Waals surface area (Å²) in [6, 6.07) is 0.577. The maximum atomic E-state index is 13.1. The number of nitrogens with zero attached hydrogens (tertiary/aromatic N) is 6. The number of ether oxygens (including phenoxy) is 1. The van der Waals surface area contributed by atoms with Crippen LogP contribution in [-0.4, -0.2) is 66.7 Å². The van der Waals surface area contributed by atoms with Crippen molar-refractivity contribution in [1.29, 1.82) is 0 Å². The van der Waals surface area contributed by atoms with Crippen molar-refractivity contribution >= 4 is 11.8 Å². The largest absolute Gasteiger partial charge is 0.416 e.